The van der Waals surface area contributed by atoms with Crippen molar-refractivity contribution in [3.8, 4) is 5.40 Å². The molecule has 3 rings (SSSR count). The number of hydrogen-bond donors (Lipinski definition) is 1. The molecule has 0 aliphatic rings. The molecule has 25 heavy (non-hydrogen) atoms. The van der Waals surface area contributed by atoms with E-state index in [1.165, 1.54) is 18.1 Å². The van der Waals surface area contributed by atoms with Crippen molar-refractivity contribution < 1.29 is 4.79 Å². The van der Waals surface area contributed by atoms with Gasteiger partial charge in [0, 0.05) is 16.0 Å². The highest BCUT2D eigenvalue weighted by atomic mass is 32.2. The minimum absolute atomic E-state index is 0.0844. The first-order chi connectivity index (χ1) is 12.1. The van der Waals surface area contributed by atoms with E-state index in [9.17, 15) is 4.79 Å². The van der Waals surface area contributed by atoms with E-state index in [0.29, 0.717) is 0 Å². The predicted molar refractivity (Wildman–Crippen MR) is 104 cm³/mol. The molecule has 0 bridgehead atoms. The fourth-order valence-corrected chi connectivity index (χ4v) is 4.58. The summed E-state index contributed by atoms with van der Waals surface area (Å²) in [4.78, 5) is 22.6. The minimum atomic E-state index is -0.0844. The summed E-state index contributed by atoms with van der Waals surface area (Å²) in [7, 11) is 0. The number of thioether (sulfide) groups is 2. The second kappa shape index (κ2) is 7.87. The number of carbonyl (C=O) groups is 1. The summed E-state index contributed by atoms with van der Waals surface area (Å²) in [5.41, 5.74) is 2.69. The molecular formula is C17H14N4OS3. The Balaban J connectivity index is 1.69. The van der Waals surface area contributed by atoms with Crippen molar-refractivity contribution in [3.63, 3.8) is 0 Å². The van der Waals surface area contributed by atoms with Crippen molar-refractivity contribution in [1.82, 2.24) is 9.97 Å². The monoisotopic (exact) mass is 386 g/mol. The van der Waals surface area contributed by atoms with Crippen LogP contribution in [0.3, 0.4) is 0 Å². The van der Waals surface area contributed by atoms with Crippen molar-refractivity contribution in [3.05, 3.63) is 41.0 Å². The smallest absolute Gasteiger partial charge is 0.234 e. The number of rotatable bonds is 5. The Hall–Kier alpha value is -2.08. The second-order valence-corrected chi connectivity index (χ2v) is 8.00. The van der Waals surface area contributed by atoms with Gasteiger partial charge in [-0.25, -0.2) is 9.97 Å². The molecule has 0 aliphatic heterocycles. The number of thiocyanates is 1. The molecule has 3 aromatic rings. The van der Waals surface area contributed by atoms with Gasteiger partial charge in [0.05, 0.1) is 5.75 Å². The lowest BCUT2D eigenvalue weighted by Crippen LogP contribution is -2.16. The van der Waals surface area contributed by atoms with E-state index in [1.807, 2.05) is 37.4 Å². The van der Waals surface area contributed by atoms with Gasteiger partial charge < -0.3 is 5.32 Å². The highest BCUT2D eigenvalue weighted by Gasteiger charge is 2.12. The average Bonchev–Trinajstić information content (AvgIpc) is 3.06. The number of aryl methyl sites for hydroxylation is 2. The Morgan fingerprint density at radius 3 is 2.80 bits per heavy atom. The minimum Gasteiger partial charge on any atom is -0.325 e. The van der Waals surface area contributed by atoms with Crippen LogP contribution in [0.1, 0.15) is 11.1 Å². The van der Waals surface area contributed by atoms with Gasteiger partial charge in [0.15, 0.2) is 0 Å². The number of fused-ring (bicyclic) bond motifs is 1. The fourth-order valence-electron chi connectivity index (χ4n) is 2.42. The van der Waals surface area contributed by atoms with Gasteiger partial charge in [-0.15, -0.1) is 11.3 Å². The number of nitriles is 1. The van der Waals surface area contributed by atoms with Crippen molar-refractivity contribution in [2.45, 2.75) is 23.8 Å². The highest BCUT2D eigenvalue weighted by molar-refractivity contribution is 8.03. The van der Waals surface area contributed by atoms with Gasteiger partial charge >= 0.3 is 0 Å². The van der Waals surface area contributed by atoms with Crippen LogP contribution < -0.4 is 5.32 Å². The largest absolute Gasteiger partial charge is 0.325 e. The summed E-state index contributed by atoms with van der Waals surface area (Å²) >= 11 is 4.08. The molecule has 1 aromatic carbocycles. The Kier molecular flexibility index (Phi) is 5.58. The third kappa shape index (κ3) is 4.12. The van der Waals surface area contributed by atoms with Crippen LogP contribution in [0, 0.1) is 24.5 Å². The third-order valence-corrected chi connectivity index (χ3v) is 5.89. The van der Waals surface area contributed by atoms with E-state index in [2.05, 4.69) is 20.7 Å². The molecule has 0 aliphatic carbocycles. The normalized spacial score (nSPS) is 10.6. The van der Waals surface area contributed by atoms with Crippen LogP contribution in [-0.2, 0) is 4.79 Å². The van der Waals surface area contributed by atoms with Crippen LogP contribution in [0.2, 0.25) is 0 Å². The number of thiophene rings is 1. The molecule has 2 heterocycles. The number of hydrogen-bond acceptors (Lipinski definition) is 7. The number of carbonyl (C=O) groups excluding carboxylic acids is 1. The van der Waals surface area contributed by atoms with Gasteiger partial charge in [-0.05, 0) is 60.3 Å². The van der Waals surface area contributed by atoms with E-state index in [4.69, 9.17) is 5.26 Å². The Bertz CT molecular complexity index is 954. The first-order valence-corrected chi connectivity index (χ1v) is 10.0. The molecule has 1 amide bonds. The number of benzene rings is 1. The zero-order valence-corrected chi connectivity index (χ0v) is 16.0. The molecule has 0 spiro atoms. The van der Waals surface area contributed by atoms with Crippen molar-refractivity contribution >= 4 is 56.7 Å². The summed E-state index contributed by atoms with van der Waals surface area (Å²) < 4.78 is 0. The van der Waals surface area contributed by atoms with Crippen LogP contribution in [0.15, 0.2) is 39.8 Å². The molecule has 2 aromatic heterocycles. The van der Waals surface area contributed by atoms with Gasteiger partial charge in [-0.3, -0.25) is 4.79 Å². The van der Waals surface area contributed by atoms with Crippen molar-refractivity contribution in [1.29, 1.82) is 5.26 Å². The summed E-state index contributed by atoms with van der Waals surface area (Å²) in [6.45, 7) is 3.85. The standard InChI is InChI=1S/C17H14N4OS3/c1-10-5-12(25-8-18)6-11(2)15(10)21-14(22)7-24-17-13-3-4-23-16(13)19-9-20-17/h3-6,9H,7H2,1-2H3,(H,21,22). The van der Waals surface area contributed by atoms with Gasteiger partial charge in [-0.1, -0.05) is 11.8 Å². The average molecular weight is 387 g/mol. The molecule has 5 nitrogen and oxygen atoms in total. The molecule has 0 fully saturated rings. The molecule has 0 saturated heterocycles. The molecule has 0 unspecified atom stereocenters. The number of aromatic nitrogens is 2. The molecule has 0 radical (unpaired) electrons. The Labute approximate surface area is 157 Å². The molecular weight excluding hydrogens is 372 g/mol. The lowest BCUT2D eigenvalue weighted by molar-refractivity contribution is -0.113. The van der Waals surface area contributed by atoms with Crippen molar-refractivity contribution in [2.75, 3.05) is 11.1 Å². The van der Waals surface area contributed by atoms with E-state index in [1.54, 1.807) is 11.3 Å². The topological polar surface area (TPSA) is 78.7 Å². The van der Waals surface area contributed by atoms with E-state index in [0.717, 1.165) is 48.7 Å². The van der Waals surface area contributed by atoms with E-state index in [-0.39, 0.29) is 11.7 Å². The van der Waals surface area contributed by atoms with Crippen LogP contribution in [0.4, 0.5) is 5.69 Å². The summed E-state index contributed by atoms with van der Waals surface area (Å²) in [5.74, 6) is 0.189. The maximum Gasteiger partial charge on any atom is 0.234 e. The van der Waals surface area contributed by atoms with Crippen LogP contribution >= 0.6 is 34.9 Å². The molecule has 0 saturated carbocycles. The van der Waals surface area contributed by atoms with E-state index >= 15 is 0 Å². The number of anilines is 1. The lowest BCUT2D eigenvalue weighted by Gasteiger charge is -2.12. The zero-order valence-electron chi connectivity index (χ0n) is 13.6. The summed E-state index contributed by atoms with van der Waals surface area (Å²) in [5, 5.41) is 17.6. The van der Waals surface area contributed by atoms with E-state index < -0.39 is 0 Å². The highest BCUT2D eigenvalue weighted by Crippen LogP contribution is 2.29. The molecule has 0 atom stereocenters. The SMILES string of the molecule is Cc1cc(SC#N)cc(C)c1NC(=O)CSc1ncnc2sccc12. The number of nitrogens with zero attached hydrogens (tertiary/aromatic N) is 3. The Morgan fingerprint density at radius 1 is 1.32 bits per heavy atom. The lowest BCUT2D eigenvalue weighted by atomic mass is 10.1. The van der Waals surface area contributed by atoms with Crippen molar-refractivity contribution in [2.24, 2.45) is 0 Å². The van der Waals surface area contributed by atoms with Crippen LogP contribution in [0.5, 0.6) is 0 Å². The van der Waals surface area contributed by atoms with Gasteiger partial charge in [0.1, 0.15) is 21.6 Å². The fraction of sp³-hybridized carbons (Fsp3) is 0.176. The quantitative estimate of drug-likeness (QED) is 0.392. The van der Waals surface area contributed by atoms with Gasteiger partial charge in [-0.2, -0.15) is 5.26 Å². The molecule has 1 N–H and O–H groups in total. The van der Waals surface area contributed by atoms with Gasteiger partial charge in [0.2, 0.25) is 5.91 Å². The van der Waals surface area contributed by atoms with Gasteiger partial charge in [0.25, 0.3) is 0 Å². The predicted octanol–water partition coefficient (Wildman–Crippen LogP) is 4.61. The summed E-state index contributed by atoms with van der Waals surface area (Å²) in [6, 6.07) is 5.78. The Morgan fingerprint density at radius 2 is 2.08 bits per heavy atom. The van der Waals surface area contributed by atoms with Crippen LogP contribution in [0.25, 0.3) is 10.2 Å². The first-order valence-electron chi connectivity index (χ1n) is 7.36. The molecule has 8 heteroatoms. The third-order valence-electron chi connectivity index (χ3n) is 3.50. The van der Waals surface area contributed by atoms with Crippen LogP contribution in [-0.4, -0.2) is 21.6 Å². The second-order valence-electron chi connectivity index (χ2n) is 5.28. The number of amides is 1. The summed E-state index contributed by atoms with van der Waals surface area (Å²) in [6.07, 6.45) is 1.53. The molecule has 126 valence electrons. The maximum absolute atomic E-state index is 12.3. The zero-order chi connectivity index (χ0) is 17.8. The first kappa shape index (κ1) is 17.7. The number of nitrogens with one attached hydrogen (secondary N) is 1. The maximum atomic E-state index is 12.3.